The van der Waals surface area contributed by atoms with Gasteiger partial charge in [-0.25, -0.2) is 4.99 Å². The van der Waals surface area contributed by atoms with Crippen LogP contribution >= 0.6 is 24.0 Å². The van der Waals surface area contributed by atoms with Crippen molar-refractivity contribution < 1.29 is 9.26 Å². The number of methoxy groups -OCH3 is 1. The highest BCUT2D eigenvalue weighted by atomic mass is 127. The van der Waals surface area contributed by atoms with E-state index >= 15 is 0 Å². The zero-order valence-corrected chi connectivity index (χ0v) is 17.5. The molecule has 2 rings (SSSR count). The first kappa shape index (κ1) is 21.3. The van der Waals surface area contributed by atoms with E-state index in [1.807, 2.05) is 37.3 Å². The Hall–Kier alpha value is -1.77. The van der Waals surface area contributed by atoms with E-state index in [1.54, 1.807) is 7.11 Å². The SMILES string of the molecule is CCNC(=NCc1cccc(OC)c1)NCc1cc(C(C)C)no1.I. The van der Waals surface area contributed by atoms with Gasteiger partial charge in [-0.3, -0.25) is 0 Å². The van der Waals surface area contributed by atoms with Crippen LogP contribution in [0.1, 0.15) is 43.7 Å². The minimum atomic E-state index is 0. The highest BCUT2D eigenvalue weighted by Gasteiger charge is 2.08. The van der Waals surface area contributed by atoms with Crippen molar-refractivity contribution in [1.29, 1.82) is 0 Å². The van der Waals surface area contributed by atoms with E-state index < -0.39 is 0 Å². The van der Waals surface area contributed by atoms with Crippen molar-refractivity contribution in [2.24, 2.45) is 4.99 Å². The molecule has 0 saturated heterocycles. The molecule has 1 aromatic carbocycles. The van der Waals surface area contributed by atoms with Crippen molar-refractivity contribution in [3.63, 3.8) is 0 Å². The molecule has 0 radical (unpaired) electrons. The Balaban J connectivity index is 0.00000312. The summed E-state index contributed by atoms with van der Waals surface area (Å²) in [7, 11) is 1.66. The van der Waals surface area contributed by atoms with Gasteiger partial charge in [-0.1, -0.05) is 31.1 Å². The van der Waals surface area contributed by atoms with Crippen LogP contribution in [-0.4, -0.2) is 24.8 Å². The van der Waals surface area contributed by atoms with Gasteiger partial charge in [-0.05, 0) is 30.5 Å². The van der Waals surface area contributed by atoms with Crippen LogP contribution in [-0.2, 0) is 13.1 Å². The molecule has 2 N–H and O–H groups in total. The molecule has 6 nitrogen and oxygen atoms in total. The van der Waals surface area contributed by atoms with Gasteiger partial charge in [0.05, 0.1) is 25.9 Å². The van der Waals surface area contributed by atoms with Crippen LogP contribution < -0.4 is 15.4 Å². The Kier molecular flexibility index (Phi) is 9.33. The predicted octanol–water partition coefficient (Wildman–Crippen LogP) is 3.68. The average Bonchev–Trinajstić information content (AvgIpc) is 3.07. The Morgan fingerprint density at radius 1 is 1.28 bits per heavy atom. The van der Waals surface area contributed by atoms with E-state index in [9.17, 15) is 0 Å². The third-order valence-corrected chi connectivity index (χ3v) is 3.50. The number of guanidine groups is 1. The van der Waals surface area contributed by atoms with Crippen molar-refractivity contribution in [1.82, 2.24) is 15.8 Å². The second-order valence-electron chi connectivity index (χ2n) is 5.77. The van der Waals surface area contributed by atoms with E-state index in [-0.39, 0.29) is 24.0 Å². The Labute approximate surface area is 166 Å². The molecule has 0 fully saturated rings. The molecular formula is C18H27IN4O2. The molecule has 0 aliphatic heterocycles. The van der Waals surface area contributed by atoms with Gasteiger partial charge >= 0.3 is 0 Å². The minimum Gasteiger partial charge on any atom is -0.497 e. The molecule has 1 heterocycles. The number of benzene rings is 1. The number of rotatable bonds is 7. The number of halogens is 1. The van der Waals surface area contributed by atoms with Crippen molar-refractivity contribution in [2.45, 2.75) is 39.8 Å². The second kappa shape index (κ2) is 11.0. The summed E-state index contributed by atoms with van der Waals surface area (Å²) in [5.74, 6) is 2.73. The van der Waals surface area contributed by atoms with Crippen LogP contribution in [0.15, 0.2) is 39.8 Å². The number of hydrogen-bond donors (Lipinski definition) is 2. The van der Waals surface area contributed by atoms with Crippen LogP contribution in [0.2, 0.25) is 0 Å². The molecule has 0 bridgehead atoms. The number of hydrogen-bond acceptors (Lipinski definition) is 4. The van der Waals surface area contributed by atoms with Crippen LogP contribution in [0, 0.1) is 0 Å². The maximum atomic E-state index is 5.34. The minimum absolute atomic E-state index is 0. The maximum absolute atomic E-state index is 5.34. The van der Waals surface area contributed by atoms with Gasteiger partial charge in [-0.2, -0.15) is 0 Å². The maximum Gasteiger partial charge on any atom is 0.191 e. The van der Waals surface area contributed by atoms with E-state index in [1.165, 1.54) is 0 Å². The number of nitrogens with one attached hydrogen (secondary N) is 2. The molecule has 0 unspecified atom stereocenters. The summed E-state index contributed by atoms with van der Waals surface area (Å²) in [6, 6.07) is 9.88. The second-order valence-corrected chi connectivity index (χ2v) is 5.77. The number of aromatic nitrogens is 1. The number of aliphatic imine (C=N–C) groups is 1. The lowest BCUT2D eigenvalue weighted by atomic mass is 10.1. The molecule has 2 aromatic rings. The topological polar surface area (TPSA) is 71.7 Å². The van der Waals surface area contributed by atoms with Gasteiger partial charge in [0.2, 0.25) is 0 Å². The van der Waals surface area contributed by atoms with Crippen LogP contribution in [0.5, 0.6) is 5.75 Å². The zero-order valence-electron chi connectivity index (χ0n) is 15.2. The first-order valence-electron chi connectivity index (χ1n) is 8.23. The van der Waals surface area contributed by atoms with Crippen molar-refractivity contribution >= 4 is 29.9 Å². The Morgan fingerprint density at radius 3 is 2.72 bits per heavy atom. The summed E-state index contributed by atoms with van der Waals surface area (Å²) in [5, 5.41) is 10.6. The summed E-state index contributed by atoms with van der Waals surface area (Å²) >= 11 is 0. The Morgan fingerprint density at radius 2 is 2.08 bits per heavy atom. The van der Waals surface area contributed by atoms with E-state index in [2.05, 4.69) is 34.6 Å². The van der Waals surface area contributed by atoms with Crippen molar-refractivity contribution in [3.8, 4) is 5.75 Å². The predicted molar refractivity (Wildman–Crippen MR) is 111 cm³/mol. The third-order valence-electron chi connectivity index (χ3n) is 3.50. The molecule has 0 aliphatic rings. The standard InChI is InChI=1S/C18H26N4O2.HI/c1-5-19-18(20-11-14-7-6-8-15(9-14)23-4)21-12-16-10-17(13(2)3)22-24-16;/h6-10,13H,5,11-12H2,1-4H3,(H2,19,20,21);1H. The van der Waals surface area contributed by atoms with Gasteiger partial charge in [0, 0.05) is 12.6 Å². The van der Waals surface area contributed by atoms with Crippen LogP contribution in [0.25, 0.3) is 0 Å². The highest BCUT2D eigenvalue weighted by Crippen LogP contribution is 2.14. The van der Waals surface area contributed by atoms with Crippen molar-refractivity contribution in [3.05, 3.63) is 47.3 Å². The molecule has 0 saturated carbocycles. The molecule has 0 aliphatic carbocycles. The molecular weight excluding hydrogens is 431 g/mol. The van der Waals surface area contributed by atoms with Gasteiger partial charge in [-0.15, -0.1) is 24.0 Å². The summed E-state index contributed by atoms with van der Waals surface area (Å²) in [5.41, 5.74) is 2.05. The first-order valence-corrected chi connectivity index (χ1v) is 8.23. The molecule has 25 heavy (non-hydrogen) atoms. The molecule has 1 aromatic heterocycles. The van der Waals surface area contributed by atoms with Crippen LogP contribution in [0.3, 0.4) is 0 Å². The lowest BCUT2D eigenvalue weighted by Crippen LogP contribution is -2.36. The molecule has 7 heteroatoms. The first-order chi connectivity index (χ1) is 11.6. The lowest BCUT2D eigenvalue weighted by molar-refractivity contribution is 0.372. The smallest absolute Gasteiger partial charge is 0.191 e. The average molecular weight is 458 g/mol. The number of ether oxygens (including phenoxy) is 1. The van der Waals surface area contributed by atoms with E-state index in [4.69, 9.17) is 9.26 Å². The summed E-state index contributed by atoms with van der Waals surface area (Å²) < 4.78 is 10.6. The largest absolute Gasteiger partial charge is 0.497 e. The summed E-state index contributed by atoms with van der Waals surface area (Å²) in [6.45, 7) is 8.12. The van der Waals surface area contributed by atoms with E-state index in [0.29, 0.717) is 19.0 Å². The fraction of sp³-hybridized carbons (Fsp3) is 0.444. The molecule has 0 spiro atoms. The molecule has 138 valence electrons. The number of nitrogens with zero attached hydrogens (tertiary/aromatic N) is 2. The highest BCUT2D eigenvalue weighted by molar-refractivity contribution is 14.0. The summed E-state index contributed by atoms with van der Waals surface area (Å²) in [4.78, 5) is 4.59. The fourth-order valence-corrected chi connectivity index (χ4v) is 2.14. The monoisotopic (exact) mass is 458 g/mol. The molecule has 0 amide bonds. The summed E-state index contributed by atoms with van der Waals surface area (Å²) in [6.07, 6.45) is 0. The van der Waals surface area contributed by atoms with Gasteiger partial charge in [0.1, 0.15) is 5.75 Å². The quantitative estimate of drug-likeness (QED) is 0.376. The van der Waals surface area contributed by atoms with Crippen molar-refractivity contribution in [2.75, 3.05) is 13.7 Å². The fourth-order valence-electron chi connectivity index (χ4n) is 2.14. The zero-order chi connectivity index (χ0) is 17.4. The van der Waals surface area contributed by atoms with Gasteiger partial charge in [0.25, 0.3) is 0 Å². The Bertz CT molecular complexity index is 671. The third kappa shape index (κ3) is 6.93. The van der Waals surface area contributed by atoms with Gasteiger partial charge < -0.3 is 19.9 Å². The normalized spacial score (nSPS) is 11.2. The van der Waals surface area contributed by atoms with E-state index in [0.717, 1.165) is 35.3 Å². The van der Waals surface area contributed by atoms with Gasteiger partial charge in [0.15, 0.2) is 11.7 Å². The van der Waals surface area contributed by atoms with Crippen LogP contribution in [0.4, 0.5) is 0 Å². The lowest BCUT2D eigenvalue weighted by Gasteiger charge is -2.10. The molecule has 0 atom stereocenters.